The number of carbonyl (C=O) groups excluding carboxylic acids is 1. The summed E-state index contributed by atoms with van der Waals surface area (Å²) in [6.45, 7) is 2.64. The van der Waals surface area contributed by atoms with E-state index in [1.165, 1.54) is 19.3 Å². The van der Waals surface area contributed by atoms with Crippen LogP contribution < -0.4 is 0 Å². The average molecular weight is 282 g/mol. The van der Waals surface area contributed by atoms with Crippen LogP contribution in [0.3, 0.4) is 0 Å². The van der Waals surface area contributed by atoms with E-state index in [-0.39, 0.29) is 12.0 Å². The predicted octanol–water partition coefficient (Wildman–Crippen LogP) is 1.73. The second-order valence-corrected chi connectivity index (χ2v) is 7.15. The molecule has 1 amide bonds. The molecule has 2 aliphatic rings. The van der Waals surface area contributed by atoms with E-state index in [1.807, 2.05) is 19.0 Å². The van der Waals surface area contributed by atoms with Crippen LogP contribution in [-0.4, -0.2) is 61.2 Å². The van der Waals surface area contributed by atoms with Crippen molar-refractivity contribution in [2.75, 3.05) is 40.3 Å². The Morgan fingerprint density at radius 3 is 2.65 bits per heavy atom. The van der Waals surface area contributed by atoms with E-state index in [4.69, 9.17) is 0 Å². The smallest absolute Gasteiger partial charge is 0.222 e. The average Bonchev–Trinajstić information content (AvgIpc) is 2.36. The standard InChI is InChI=1S/C16H30N2O2/c1-17(2)11-16(13-19)9-4-10-18(12-16)15(20)8-7-14-5-3-6-14/h14,19H,3-13H2,1-2H3. The van der Waals surface area contributed by atoms with Gasteiger partial charge in [-0.3, -0.25) is 4.79 Å². The lowest BCUT2D eigenvalue weighted by Crippen LogP contribution is -2.52. The zero-order valence-corrected chi connectivity index (χ0v) is 13.1. The number of hydrogen-bond acceptors (Lipinski definition) is 3. The molecular weight excluding hydrogens is 252 g/mol. The monoisotopic (exact) mass is 282 g/mol. The predicted molar refractivity (Wildman–Crippen MR) is 80.5 cm³/mol. The zero-order chi connectivity index (χ0) is 14.6. The van der Waals surface area contributed by atoms with Crippen molar-refractivity contribution in [2.45, 2.75) is 44.9 Å². The van der Waals surface area contributed by atoms with Gasteiger partial charge in [0.2, 0.25) is 5.91 Å². The van der Waals surface area contributed by atoms with E-state index in [0.717, 1.165) is 44.8 Å². The van der Waals surface area contributed by atoms with Crippen LogP contribution in [0.5, 0.6) is 0 Å². The summed E-state index contributed by atoms with van der Waals surface area (Å²) in [5.74, 6) is 1.10. The number of aliphatic hydroxyl groups excluding tert-OH is 1. The molecule has 1 unspecified atom stereocenters. The molecule has 1 N–H and O–H groups in total. The van der Waals surface area contributed by atoms with Gasteiger partial charge < -0.3 is 14.9 Å². The molecule has 4 heteroatoms. The van der Waals surface area contributed by atoms with Crippen LogP contribution in [0.2, 0.25) is 0 Å². The summed E-state index contributed by atoms with van der Waals surface area (Å²) in [4.78, 5) is 16.5. The number of amides is 1. The molecule has 0 aromatic heterocycles. The van der Waals surface area contributed by atoms with Gasteiger partial charge in [0.25, 0.3) is 0 Å². The van der Waals surface area contributed by atoms with Crippen LogP contribution in [0, 0.1) is 11.3 Å². The molecule has 2 fully saturated rings. The van der Waals surface area contributed by atoms with Crippen molar-refractivity contribution >= 4 is 5.91 Å². The Bertz CT molecular complexity index is 328. The van der Waals surface area contributed by atoms with Crippen molar-refractivity contribution in [1.82, 2.24) is 9.80 Å². The molecule has 2 rings (SSSR count). The maximum Gasteiger partial charge on any atom is 0.222 e. The van der Waals surface area contributed by atoms with Gasteiger partial charge in [-0.1, -0.05) is 19.3 Å². The summed E-state index contributed by atoms with van der Waals surface area (Å²) in [7, 11) is 4.07. The molecule has 1 aliphatic heterocycles. The number of nitrogens with zero attached hydrogens (tertiary/aromatic N) is 2. The van der Waals surface area contributed by atoms with E-state index in [0.29, 0.717) is 12.3 Å². The minimum atomic E-state index is -0.117. The number of rotatable bonds is 6. The van der Waals surface area contributed by atoms with Gasteiger partial charge >= 0.3 is 0 Å². The summed E-state index contributed by atoms with van der Waals surface area (Å²) in [6.07, 6.45) is 7.78. The van der Waals surface area contributed by atoms with Gasteiger partial charge in [-0.25, -0.2) is 0 Å². The normalized spacial score (nSPS) is 27.7. The van der Waals surface area contributed by atoms with Crippen molar-refractivity contribution in [2.24, 2.45) is 11.3 Å². The molecule has 0 aromatic carbocycles. The highest BCUT2D eigenvalue weighted by atomic mass is 16.3. The maximum atomic E-state index is 12.4. The highest BCUT2D eigenvalue weighted by molar-refractivity contribution is 5.76. The van der Waals surface area contributed by atoms with Crippen molar-refractivity contribution < 1.29 is 9.90 Å². The fourth-order valence-corrected chi connectivity index (χ4v) is 3.67. The Morgan fingerprint density at radius 1 is 1.35 bits per heavy atom. The third kappa shape index (κ3) is 3.95. The van der Waals surface area contributed by atoms with Crippen LogP contribution >= 0.6 is 0 Å². The van der Waals surface area contributed by atoms with Crippen molar-refractivity contribution in [1.29, 1.82) is 0 Å². The van der Waals surface area contributed by atoms with Gasteiger partial charge in [-0.2, -0.15) is 0 Å². The largest absolute Gasteiger partial charge is 0.396 e. The molecule has 0 radical (unpaired) electrons. The van der Waals surface area contributed by atoms with E-state index in [1.54, 1.807) is 0 Å². The van der Waals surface area contributed by atoms with E-state index in [2.05, 4.69) is 4.90 Å². The molecule has 0 spiro atoms. The topological polar surface area (TPSA) is 43.8 Å². The van der Waals surface area contributed by atoms with Crippen molar-refractivity contribution in [3.05, 3.63) is 0 Å². The quantitative estimate of drug-likeness (QED) is 0.807. The SMILES string of the molecule is CN(C)CC1(CO)CCCN(C(=O)CCC2CCC2)C1. The Kier molecular flexibility index (Phi) is 5.44. The third-order valence-electron chi connectivity index (χ3n) is 4.99. The lowest BCUT2D eigenvalue weighted by Gasteiger charge is -2.43. The van der Waals surface area contributed by atoms with Gasteiger partial charge in [-0.15, -0.1) is 0 Å². The number of piperidine rings is 1. The summed E-state index contributed by atoms with van der Waals surface area (Å²) < 4.78 is 0. The first kappa shape index (κ1) is 15.8. The first-order valence-corrected chi connectivity index (χ1v) is 8.08. The fraction of sp³-hybridized carbons (Fsp3) is 0.938. The van der Waals surface area contributed by atoms with Gasteiger partial charge in [0.1, 0.15) is 0 Å². The molecule has 20 heavy (non-hydrogen) atoms. The van der Waals surface area contributed by atoms with Crippen molar-refractivity contribution in [3.63, 3.8) is 0 Å². The van der Waals surface area contributed by atoms with Crippen LogP contribution in [-0.2, 0) is 4.79 Å². The van der Waals surface area contributed by atoms with Gasteiger partial charge in [0.05, 0.1) is 6.61 Å². The molecule has 1 aliphatic carbocycles. The lowest BCUT2D eigenvalue weighted by molar-refractivity contribution is -0.136. The van der Waals surface area contributed by atoms with E-state index in [9.17, 15) is 9.90 Å². The molecular formula is C16H30N2O2. The van der Waals surface area contributed by atoms with Crippen LogP contribution in [0.4, 0.5) is 0 Å². The Hall–Kier alpha value is -0.610. The Balaban J connectivity index is 1.85. The van der Waals surface area contributed by atoms with E-state index < -0.39 is 0 Å². The Labute approximate surface area is 123 Å². The fourth-order valence-electron chi connectivity index (χ4n) is 3.67. The molecule has 116 valence electrons. The van der Waals surface area contributed by atoms with Gasteiger partial charge in [0, 0.05) is 31.5 Å². The second kappa shape index (κ2) is 6.90. The summed E-state index contributed by atoms with van der Waals surface area (Å²) >= 11 is 0. The molecule has 1 saturated carbocycles. The highest BCUT2D eigenvalue weighted by Crippen LogP contribution is 2.33. The number of aliphatic hydroxyl groups is 1. The van der Waals surface area contributed by atoms with Crippen LogP contribution in [0.25, 0.3) is 0 Å². The number of hydrogen-bond donors (Lipinski definition) is 1. The molecule has 1 heterocycles. The van der Waals surface area contributed by atoms with Crippen LogP contribution in [0.15, 0.2) is 0 Å². The minimum absolute atomic E-state index is 0.117. The summed E-state index contributed by atoms with van der Waals surface area (Å²) in [6, 6.07) is 0. The first-order chi connectivity index (χ1) is 9.54. The molecule has 4 nitrogen and oxygen atoms in total. The highest BCUT2D eigenvalue weighted by Gasteiger charge is 2.37. The maximum absolute atomic E-state index is 12.4. The third-order valence-corrected chi connectivity index (χ3v) is 4.99. The lowest BCUT2D eigenvalue weighted by atomic mass is 9.79. The summed E-state index contributed by atoms with van der Waals surface area (Å²) in [5.41, 5.74) is -0.117. The number of likely N-dealkylation sites (tertiary alicyclic amines) is 1. The molecule has 1 atom stereocenters. The molecule has 1 saturated heterocycles. The molecule has 0 bridgehead atoms. The zero-order valence-electron chi connectivity index (χ0n) is 13.1. The van der Waals surface area contributed by atoms with Gasteiger partial charge in [0.15, 0.2) is 0 Å². The van der Waals surface area contributed by atoms with Crippen molar-refractivity contribution in [3.8, 4) is 0 Å². The van der Waals surface area contributed by atoms with Crippen LogP contribution in [0.1, 0.15) is 44.9 Å². The Morgan fingerprint density at radius 2 is 2.10 bits per heavy atom. The number of carbonyl (C=O) groups is 1. The summed E-state index contributed by atoms with van der Waals surface area (Å²) in [5, 5.41) is 9.79. The molecule has 0 aromatic rings. The van der Waals surface area contributed by atoms with Gasteiger partial charge in [-0.05, 0) is 39.3 Å². The minimum Gasteiger partial charge on any atom is -0.396 e. The second-order valence-electron chi connectivity index (χ2n) is 7.15. The van der Waals surface area contributed by atoms with E-state index >= 15 is 0 Å². The first-order valence-electron chi connectivity index (χ1n) is 8.08.